The van der Waals surface area contributed by atoms with E-state index in [0.717, 1.165) is 37.6 Å². The van der Waals surface area contributed by atoms with Gasteiger partial charge in [0.05, 0.1) is 13.7 Å². The Morgan fingerprint density at radius 1 is 0.897 bits per heavy atom. The molecule has 0 aromatic heterocycles. The summed E-state index contributed by atoms with van der Waals surface area (Å²) >= 11 is 0. The third-order valence-electron chi connectivity index (χ3n) is 5.68. The van der Waals surface area contributed by atoms with Crippen molar-refractivity contribution in [3.63, 3.8) is 0 Å². The lowest BCUT2D eigenvalue weighted by molar-refractivity contribution is 0.196. The van der Waals surface area contributed by atoms with Crippen LogP contribution in [0.1, 0.15) is 19.3 Å². The van der Waals surface area contributed by atoms with Gasteiger partial charge in [-0.05, 0) is 42.8 Å². The summed E-state index contributed by atoms with van der Waals surface area (Å²) in [5.41, 5.74) is 1.26. The summed E-state index contributed by atoms with van der Waals surface area (Å²) < 4.78 is 11.2. The van der Waals surface area contributed by atoms with E-state index in [9.17, 15) is 0 Å². The van der Waals surface area contributed by atoms with Crippen LogP contribution in [0.2, 0.25) is 0 Å². The topological polar surface area (TPSA) is 33.7 Å². The van der Waals surface area contributed by atoms with Crippen LogP contribution in [0.4, 0.5) is 5.69 Å². The Hall–Kier alpha value is -2.72. The molecule has 3 aromatic rings. The Morgan fingerprint density at radius 3 is 2.45 bits per heavy atom. The van der Waals surface area contributed by atoms with Crippen LogP contribution in [0.5, 0.6) is 11.5 Å². The number of ether oxygens (including phenoxy) is 2. The Morgan fingerprint density at radius 2 is 1.62 bits per heavy atom. The van der Waals surface area contributed by atoms with Gasteiger partial charge in [-0.25, -0.2) is 0 Å². The van der Waals surface area contributed by atoms with Gasteiger partial charge in [0.1, 0.15) is 0 Å². The number of hydrogen-bond donors (Lipinski definition) is 1. The van der Waals surface area contributed by atoms with Gasteiger partial charge in [0.25, 0.3) is 0 Å². The summed E-state index contributed by atoms with van der Waals surface area (Å²) in [6, 6.07) is 23.5. The van der Waals surface area contributed by atoms with Gasteiger partial charge in [0.15, 0.2) is 11.5 Å². The zero-order valence-corrected chi connectivity index (χ0v) is 17.1. The molecule has 1 saturated heterocycles. The summed E-state index contributed by atoms with van der Waals surface area (Å²) in [4.78, 5) is 2.55. The van der Waals surface area contributed by atoms with E-state index in [4.69, 9.17) is 9.47 Å². The predicted molar refractivity (Wildman–Crippen MR) is 120 cm³/mol. The fourth-order valence-electron chi connectivity index (χ4n) is 4.08. The Balaban J connectivity index is 1.21. The maximum Gasteiger partial charge on any atom is 0.161 e. The lowest BCUT2D eigenvalue weighted by Crippen LogP contribution is -2.39. The summed E-state index contributed by atoms with van der Waals surface area (Å²) in [7, 11) is 1.68. The molecule has 1 aliphatic rings. The molecule has 4 rings (SSSR count). The number of para-hydroxylation sites is 2. The molecule has 0 saturated carbocycles. The standard InChI is InChI=1S/C25H30N2O2/c1-28-24-12-4-5-13-25(24)29-19-7-16-27-17-14-21(15-18-27)26-23-11-6-9-20-8-2-3-10-22(20)23/h2-6,8-13,21,26H,7,14-19H2,1H3. The number of nitrogens with one attached hydrogen (secondary N) is 1. The van der Waals surface area contributed by atoms with E-state index in [1.54, 1.807) is 7.11 Å². The van der Waals surface area contributed by atoms with Gasteiger partial charge in [0.2, 0.25) is 0 Å². The second kappa shape index (κ2) is 9.66. The van der Waals surface area contributed by atoms with Crippen molar-refractivity contribution in [1.82, 2.24) is 4.90 Å². The van der Waals surface area contributed by atoms with Crippen LogP contribution in [0.25, 0.3) is 10.8 Å². The number of likely N-dealkylation sites (tertiary alicyclic amines) is 1. The van der Waals surface area contributed by atoms with Crippen molar-refractivity contribution in [3.8, 4) is 11.5 Å². The van der Waals surface area contributed by atoms with E-state index in [1.807, 2.05) is 24.3 Å². The van der Waals surface area contributed by atoms with Gasteiger partial charge in [-0.15, -0.1) is 0 Å². The highest BCUT2D eigenvalue weighted by molar-refractivity contribution is 5.93. The minimum atomic E-state index is 0.543. The lowest BCUT2D eigenvalue weighted by Gasteiger charge is -2.33. The number of anilines is 1. The average Bonchev–Trinajstić information content (AvgIpc) is 2.78. The molecule has 1 heterocycles. The Bertz CT molecular complexity index is 914. The third kappa shape index (κ3) is 5.01. The highest BCUT2D eigenvalue weighted by Crippen LogP contribution is 2.27. The molecule has 3 aromatic carbocycles. The van der Waals surface area contributed by atoms with Gasteiger partial charge >= 0.3 is 0 Å². The molecule has 4 nitrogen and oxygen atoms in total. The van der Waals surface area contributed by atoms with Crippen LogP contribution in [0.3, 0.4) is 0 Å². The largest absolute Gasteiger partial charge is 0.493 e. The number of hydrogen-bond acceptors (Lipinski definition) is 4. The van der Waals surface area contributed by atoms with Gasteiger partial charge in [0, 0.05) is 36.7 Å². The quantitative estimate of drug-likeness (QED) is 0.537. The molecule has 29 heavy (non-hydrogen) atoms. The first-order valence-corrected chi connectivity index (χ1v) is 10.6. The highest BCUT2D eigenvalue weighted by Gasteiger charge is 2.19. The van der Waals surface area contributed by atoms with Gasteiger partial charge < -0.3 is 19.7 Å². The molecule has 1 N–H and O–H groups in total. The first-order chi connectivity index (χ1) is 14.3. The maximum absolute atomic E-state index is 5.90. The number of methoxy groups -OCH3 is 1. The van der Waals surface area contributed by atoms with Crippen molar-refractivity contribution < 1.29 is 9.47 Å². The summed E-state index contributed by atoms with van der Waals surface area (Å²) in [5, 5.41) is 6.39. The number of piperidine rings is 1. The predicted octanol–water partition coefficient (Wildman–Crippen LogP) is 5.19. The first kappa shape index (κ1) is 19.6. The van der Waals surface area contributed by atoms with Gasteiger partial charge in [-0.1, -0.05) is 48.5 Å². The first-order valence-electron chi connectivity index (χ1n) is 10.6. The molecule has 1 aliphatic heterocycles. The van der Waals surface area contributed by atoms with Crippen LogP contribution in [-0.4, -0.2) is 44.3 Å². The van der Waals surface area contributed by atoms with E-state index < -0.39 is 0 Å². The van der Waals surface area contributed by atoms with E-state index in [2.05, 4.69) is 52.7 Å². The summed E-state index contributed by atoms with van der Waals surface area (Å²) in [6.45, 7) is 4.07. The molecule has 152 valence electrons. The normalized spacial score (nSPS) is 15.3. The molecule has 0 bridgehead atoms. The van der Waals surface area contributed by atoms with Crippen molar-refractivity contribution >= 4 is 16.5 Å². The molecule has 0 aliphatic carbocycles. The van der Waals surface area contributed by atoms with E-state index >= 15 is 0 Å². The minimum Gasteiger partial charge on any atom is -0.493 e. The van der Waals surface area contributed by atoms with Crippen LogP contribution >= 0.6 is 0 Å². The van der Waals surface area contributed by atoms with Crippen LogP contribution in [-0.2, 0) is 0 Å². The van der Waals surface area contributed by atoms with Gasteiger partial charge in [-0.2, -0.15) is 0 Å². The van der Waals surface area contributed by atoms with Crippen molar-refractivity contribution in [2.24, 2.45) is 0 Å². The summed E-state index contributed by atoms with van der Waals surface area (Å²) in [6.07, 6.45) is 3.38. The molecule has 0 unspecified atom stereocenters. The SMILES string of the molecule is COc1ccccc1OCCCN1CCC(Nc2cccc3ccccc23)CC1. The fraction of sp³-hybridized carbons (Fsp3) is 0.360. The van der Waals surface area contributed by atoms with Crippen molar-refractivity contribution in [3.05, 3.63) is 66.7 Å². The van der Waals surface area contributed by atoms with E-state index in [0.29, 0.717) is 12.6 Å². The van der Waals surface area contributed by atoms with Crippen LogP contribution < -0.4 is 14.8 Å². The smallest absolute Gasteiger partial charge is 0.161 e. The molecule has 4 heteroatoms. The molecule has 0 radical (unpaired) electrons. The maximum atomic E-state index is 5.90. The fourth-order valence-corrected chi connectivity index (χ4v) is 4.08. The van der Waals surface area contributed by atoms with Crippen molar-refractivity contribution in [2.75, 3.05) is 38.7 Å². The summed E-state index contributed by atoms with van der Waals surface area (Å²) in [5.74, 6) is 1.63. The van der Waals surface area contributed by atoms with Crippen molar-refractivity contribution in [2.45, 2.75) is 25.3 Å². The number of fused-ring (bicyclic) bond motifs is 1. The molecule has 0 atom stereocenters. The zero-order valence-electron chi connectivity index (χ0n) is 17.1. The second-order valence-electron chi connectivity index (χ2n) is 7.64. The molecular formula is C25H30N2O2. The number of benzene rings is 3. The van der Waals surface area contributed by atoms with Crippen LogP contribution in [0, 0.1) is 0 Å². The third-order valence-corrected chi connectivity index (χ3v) is 5.68. The highest BCUT2D eigenvalue weighted by atomic mass is 16.5. The lowest BCUT2D eigenvalue weighted by atomic mass is 10.0. The molecule has 1 fully saturated rings. The van der Waals surface area contributed by atoms with Gasteiger partial charge in [-0.3, -0.25) is 0 Å². The molecular weight excluding hydrogens is 360 g/mol. The Labute approximate surface area is 173 Å². The molecule has 0 amide bonds. The van der Waals surface area contributed by atoms with Crippen molar-refractivity contribution in [1.29, 1.82) is 0 Å². The average molecular weight is 391 g/mol. The zero-order chi connectivity index (χ0) is 19.9. The Kier molecular flexibility index (Phi) is 6.52. The monoisotopic (exact) mass is 390 g/mol. The molecule has 0 spiro atoms. The second-order valence-corrected chi connectivity index (χ2v) is 7.64. The number of rotatable bonds is 8. The number of nitrogens with zero attached hydrogens (tertiary/aromatic N) is 1. The van der Waals surface area contributed by atoms with Crippen LogP contribution in [0.15, 0.2) is 66.7 Å². The van der Waals surface area contributed by atoms with E-state index in [1.165, 1.54) is 29.3 Å². The van der Waals surface area contributed by atoms with E-state index in [-0.39, 0.29) is 0 Å². The minimum absolute atomic E-state index is 0.543.